The molecule has 8 heteroatoms. The minimum atomic E-state index is -3.16. The third-order valence-electron chi connectivity index (χ3n) is 3.20. The van der Waals surface area contributed by atoms with E-state index in [1.165, 1.54) is 4.90 Å². The molecule has 0 aromatic heterocycles. The molecule has 1 aliphatic carbocycles. The summed E-state index contributed by atoms with van der Waals surface area (Å²) < 4.78 is 24.0. The van der Waals surface area contributed by atoms with Crippen LogP contribution < -0.4 is 10.0 Å². The maximum absolute atomic E-state index is 12.0. The van der Waals surface area contributed by atoms with Crippen molar-refractivity contribution in [3.8, 4) is 0 Å². The van der Waals surface area contributed by atoms with Crippen molar-refractivity contribution in [1.82, 2.24) is 14.9 Å². The van der Waals surface area contributed by atoms with Gasteiger partial charge in [0.25, 0.3) is 0 Å². The van der Waals surface area contributed by atoms with E-state index in [9.17, 15) is 18.0 Å². The molecule has 2 amide bonds. The Morgan fingerprint density at radius 1 is 1.26 bits per heavy atom. The number of hydrogen-bond acceptors (Lipinski definition) is 5. The largest absolute Gasteiger partial charge is 0.305 e. The van der Waals surface area contributed by atoms with Crippen molar-refractivity contribution in [3.63, 3.8) is 0 Å². The highest BCUT2D eigenvalue weighted by Gasteiger charge is 2.45. The molecule has 2 N–H and O–H groups in total. The molecule has 0 aromatic carbocycles. The van der Waals surface area contributed by atoms with Gasteiger partial charge in [-0.1, -0.05) is 0 Å². The van der Waals surface area contributed by atoms with E-state index in [4.69, 9.17) is 0 Å². The zero-order chi connectivity index (χ0) is 14.0. The molecule has 0 spiro atoms. The molecule has 2 rings (SSSR count). The van der Waals surface area contributed by atoms with E-state index in [1.54, 1.807) is 0 Å². The minimum Gasteiger partial charge on any atom is -0.305 e. The molecule has 0 radical (unpaired) electrons. The quantitative estimate of drug-likeness (QED) is 0.454. The number of carbonyl (C=O) groups excluding carboxylic acids is 2. The second-order valence-electron chi connectivity index (χ2n) is 5.06. The predicted molar refractivity (Wildman–Crippen MR) is 68.7 cm³/mol. The number of amides is 2. The van der Waals surface area contributed by atoms with Crippen LogP contribution in [-0.4, -0.2) is 56.6 Å². The molecule has 1 saturated carbocycles. The molecular formula is C11H19N3O4S. The van der Waals surface area contributed by atoms with Crippen LogP contribution in [0, 0.1) is 0 Å². The van der Waals surface area contributed by atoms with E-state index in [-0.39, 0.29) is 24.3 Å². The van der Waals surface area contributed by atoms with Crippen LogP contribution in [0.25, 0.3) is 0 Å². The van der Waals surface area contributed by atoms with Crippen LogP contribution in [0.4, 0.5) is 0 Å². The van der Waals surface area contributed by atoms with Crippen molar-refractivity contribution >= 4 is 21.8 Å². The van der Waals surface area contributed by atoms with Gasteiger partial charge < -0.3 is 5.32 Å². The molecule has 1 unspecified atom stereocenters. The van der Waals surface area contributed by atoms with Gasteiger partial charge in [-0.15, -0.1) is 0 Å². The summed E-state index contributed by atoms with van der Waals surface area (Å²) in [4.78, 5) is 25.0. The highest BCUT2D eigenvalue weighted by Crippen LogP contribution is 2.31. The van der Waals surface area contributed by atoms with E-state index in [2.05, 4.69) is 10.0 Å². The Labute approximate surface area is 112 Å². The van der Waals surface area contributed by atoms with E-state index in [0.29, 0.717) is 19.5 Å². The lowest BCUT2D eigenvalue weighted by Crippen LogP contribution is -2.40. The Morgan fingerprint density at radius 3 is 2.53 bits per heavy atom. The highest BCUT2D eigenvalue weighted by molar-refractivity contribution is 7.88. The van der Waals surface area contributed by atoms with Crippen LogP contribution in [-0.2, 0) is 19.6 Å². The van der Waals surface area contributed by atoms with Gasteiger partial charge in [0, 0.05) is 12.6 Å². The summed E-state index contributed by atoms with van der Waals surface area (Å²) in [5, 5.41) is 3.01. The Balaban J connectivity index is 1.69. The molecule has 1 heterocycles. The van der Waals surface area contributed by atoms with Crippen molar-refractivity contribution in [3.05, 3.63) is 0 Å². The molecule has 2 aliphatic rings. The summed E-state index contributed by atoms with van der Waals surface area (Å²) in [6.07, 6.45) is 3.74. The van der Waals surface area contributed by atoms with Gasteiger partial charge in [-0.2, -0.15) is 0 Å². The number of nitrogens with one attached hydrogen (secondary N) is 2. The second-order valence-corrected chi connectivity index (χ2v) is 6.90. The van der Waals surface area contributed by atoms with E-state index >= 15 is 0 Å². The van der Waals surface area contributed by atoms with E-state index < -0.39 is 16.1 Å². The fourth-order valence-corrected chi connectivity index (χ4v) is 2.66. The first-order chi connectivity index (χ1) is 8.88. The summed E-state index contributed by atoms with van der Waals surface area (Å²) in [6, 6.07) is -0.315. The SMILES string of the molecule is CS(=O)(=O)NCCCNC1CC(=O)N(C2CC2)C1=O. The van der Waals surface area contributed by atoms with Crippen LogP contribution in [0.2, 0.25) is 0 Å². The van der Waals surface area contributed by atoms with Crippen LogP contribution in [0.5, 0.6) is 0 Å². The Bertz CT molecular complexity index is 472. The fourth-order valence-electron chi connectivity index (χ4n) is 2.15. The molecular weight excluding hydrogens is 270 g/mol. The topological polar surface area (TPSA) is 95.6 Å². The van der Waals surface area contributed by atoms with Crippen LogP contribution in [0.1, 0.15) is 25.7 Å². The average molecular weight is 289 g/mol. The average Bonchev–Trinajstić information content (AvgIpc) is 3.06. The number of nitrogens with zero attached hydrogens (tertiary/aromatic N) is 1. The zero-order valence-corrected chi connectivity index (χ0v) is 11.7. The number of carbonyl (C=O) groups is 2. The molecule has 2 fully saturated rings. The Morgan fingerprint density at radius 2 is 1.95 bits per heavy atom. The minimum absolute atomic E-state index is 0.0979. The fraction of sp³-hybridized carbons (Fsp3) is 0.818. The lowest BCUT2D eigenvalue weighted by molar-refractivity contribution is -0.139. The van der Waals surface area contributed by atoms with Crippen LogP contribution in [0.3, 0.4) is 0 Å². The van der Waals surface area contributed by atoms with E-state index in [1.807, 2.05) is 0 Å². The van der Waals surface area contributed by atoms with Crippen molar-refractivity contribution < 1.29 is 18.0 Å². The van der Waals surface area contributed by atoms with Gasteiger partial charge in [-0.25, -0.2) is 13.1 Å². The number of imide groups is 1. The standard InChI is InChI=1S/C11H19N3O4S/c1-19(17,18)13-6-2-5-12-9-7-10(15)14(11(9)16)8-3-4-8/h8-9,12-13H,2-7H2,1H3. The lowest BCUT2D eigenvalue weighted by atomic mass is 10.2. The molecule has 0 aromatic rings. The highest BCUT2D eigenvalue weighted by atomic mass is 32.2. The molecule has 7 nitrogen and oxygen atoms in total. The summed E-state index contributed by atoms with van der Waals surface area (Å²) >= 11 is 0. The maximum atomic E-state index is 12.0. The van der Waals surface area contributed by atoms with Gasteiger partial charge in [-0.3, -0.25) is 14.5 Å². The summed E-state index contributed by atoms with van der Waals surface area (Å²) in [6.45, 7) is 0.831. The number of hydrogen-bond donors (Lipinski definition) is 2. The summed E-state index contributed by atoms with van der Waals surface area (Å²) in [5.74, 6) is -0.233. The smallest absolute Gasteiger partial charge is 0.247 e. The van der Waals surface area contributed by atoms with E-state index in [0.717, 1.165) is 19.1 Å². The summed E-state index contributed by atoms with van der Waals surface area (Å²) in [7, 11) is -3.16. The molecule has 0 bridgehead atoms. The monoisotopic (exact) mass is 289 g/mol. The van der Waals surface area contributed by atoms with Gasteiger partial charge in [0.05, 0.1) is 18.7 Å². The van der Waals surface area contributed by atoms with Gasteiger partial charge in [0.15, 0.2) is 0 Å². The van der Waals surface area contributed by atoms with Gasteiger partial charge in [-0.05, 0) is 25.8 Å². The second kappa shape index (κ2) is 5.56. The van der Waals surface area contributed by atoms with Crippen molar-refractivity contribution in [2.45, 2.75) is 37.8 Å². The van der Waals surface area contributed by atoms with Crippen LogP contribution in [0.15, 0.2) is 0 Å². The first-order valence-corrected chi connectivity index (χ1v) is 8.31. The lowest BCUT2D eigenvalue weighted by Gasteiger charge is -2.14. The normalized spacial score (nSPS) is 24.3. The zero-order valence-electron chi connectivity index (χ0n) is 10.9. The molecule has 1 aliphatic heterocycles. The van der Waals surface area contributed by atoms with Gasteiger partial charge in [0.2, 0.25) is 21.8 Å². The van der Waals surface area contributed by atoms with Crippen molar-refractivity contribution in [1.29, 1.82) is 0 Å². The maximum Gasteiger partial charge on any atom is 0.247 e. The van der Waals surface area contributed by atoms with Gasteiger partial charge >= 0.3 is 0 Å². The third-order valence-corrected chi connectivity index (χ3v) is 3.93. The third kappa shape index (κ3) is 3.99. The first kappa shape index (κ1) is 14.4. The summed E-state index contributed by atoms with van der Waals surface area (Å²) in [5.41, 5.74) is 0. The first-order valence-electron chi connectivity index (χ1n) is 6.42. The number of rotatable bonds is 7. The molecule has 108 valence electrons. The number of likely N-dealkylation sites (tertiary alicyclic amines) is 1. The van der Waals surface area contributed by atoms with Gasteiger partial charge in [0.1, 0.15) is 0 Å². The van der Waals surface area contributed by atoms with Crippen molar-refractivity contribution in [2.75, 3.05) is 19.3 Å². The molecule has 1 atom stereocenters. The number of sulfonamides is 1. The Hall–Kier alpha value is -0.990. The Kier molecular flexibility index (Phi) is 4.22. The van der Waals surface area contributed by atoms with Crippen LogP contribution >= 0.6 is 0 Å². The predicted octanol–water partition coefficient (Wildman–Crippen LogP) is -1.19. The van der Waals surface area contributed by atoms with Crippen molar-refractivity contribution in [2.24, 2.45) is 0 Å². The molecule has 19 heavy (non-hydrogen) atoms. The molecule has 1 saturated heterocycles.